The first kappa shape index (κ1) is 12.8. The van der Waals surface area contributed by atoms with Crippen LogP contribution in [0.4, 0.5) is 0 Å². The van der Waals surface area contributed by atoms with Crippen molar-refractivity contribution >= 4 is 17.5 Å². The van der Waals surface area contributed by atoms with Crippen LogP contribution in [0.1, 0.15) is 33.1 Å². The molecule has 1 aliphatic heterocycles. The summed E-state index contributed by atoms with van der Waals surface area (Å²) in [5.41, 5.74) is -0.282. The maximum absolute atomic E-state index is 11.9. The van der Waals surface area contributed by atoms with E-state index in [0.717, 1.165) is 25.9 Å². The summed E-state index contributed by atoms with van der Waals surface area (Å²) in [5.74, 6) is 0.538. The molecule has 15 heavy (non-hydrogen) atoms. The number of alkyl halides is 1. The Hall–Kier alpha value is -0.280. The smallest absolute Gasteiger partial charge is 0.225 e. The van der Waals surface area contributed by atoms with Crippen LogP contribution < -0.4 is 5.32 Å². The van der Waals surface area contributed by atoms with Crippen molar-refractivity contribution in [2.45, 2.75) is 38.6 Å². The lowest BCUT2D eigenvalue weighted by Gasteiger charge is -2.30. The van der Waals surface area contributed by atoms with Crippen molar-refractivity contribution in [3.8, 4) is 0 Å². The quantitative estimate of drug-likeness (QED) is 0.754. The molecule has 0 bridgehead atoms. The van der Waals surface area contributed by atoms with E-state index in [4.69, 9.17) is 16.3 Å². The van der Waals surface area contributed by atoms with Gasteiger partial charge in [-0.1, -0.05) is 6.92 Å². The van der Waals surface area contributed by atoms with Gasteiger partial charge < -0.3 is 10.1 Å². The normalized spacial score (nSPS) is 25.7. The summed E-state index contributed by atoms with van der Waals surface area (Å²) in [5, 5.41) is 3.01. The molecular weight excluding hydrogens is 214 g/mol. The molecule has 2 unspecified atom stereocenters. The lowest BCUT2D eigenvalue weighted by atomic mass is 9.97. The summed E-state index contributed by atoms with van der Waals surface area (Å²) in [7, 11) is 0. The second-order valence-electron chi connectivity index (χ2n) is 4.45. The number of rotatable bonds is 4. The maximum atomic E-state index is 11.9. The predicted molar refractivity (Wildman–Crippen MR) is 61.1 cm³/mol. The van der Waals surface area contributed by atoms with Gasteiger partial charge in [0.1, 0.15) is 0 Å². The molecule has 1 N–H and O–H groups in total. The largest absolute Gasteiger partial charge is 0.381 e. The lowest BCUT2D eigenvalue weighted by molar-refractivity contribution is -0.130. The van der Waals surface area contributed by atoms with E-state index in [1.165, 1.54) is 0 Å². The van der Waals surface area contributed by atoms with Gasteiger partial charge in [-0.05, 0) is 26.2 Å². The number of hydrogen-bond donors (Lipinski definition) is 1. The molecular formula is C11H20ClNO2. The molecule has 1 saturated heterocycles. The van der Waals surface area contributed by atoms with Gasteiger partial charge in [-0.3, -0.25) is 4.79 Å². The monoisotopic (exact) mass is 233 g/mol. The van der Waals surface area contributed by atoms with E-state index >= 15 is 0 Å². The van der Waals surface area contributed by atoms with Gasteiger partial charge in [0, 0.05) is 12.5 Å². The molecule has 0 aliphatic carbocycles. The third-order valence-corrected chi connectivity index (χ3v) is 3.62. The van der Waals surface area contributed by atoms with Gasteiger partial charge in [0.2, 0.25) is 5.91 Å². The first-order chi connectivity index (χ1) is 7.11. The van der Waals surface area contributed by atoms with Crippen molar-refractivity contribution in [2.75, 3.05) is 19.1 Å². The summed E-state index contributed by atoms with van der Waals surface area (Å²) in [4.78, 5) is 11.9. The van der Waals surface area contributed by atoms with Gasteiger partial charge in [-0.2, -0.15) is 0 Å². The number of halogens is 1. The highest BCUT2D eigenvalue weighted by atomic mass is 35.5. The molecule has 4 heteroatoms. The van der Waals surface area contributed by atoms with E-state index in [9.17, 15) is 4.79 Å². The Bertz CT molecular complexity index is 211. The number of carbonyl (C=O) groups is 1. The Morgan fingerprint density at radius 2 is 2.40 bits per heavy atom. The Kier molecular flexibility index (Phi) is 4.87. The van der Waals surface area contributed by atoms with Crippen LogP contribution in [0.2, 0.25) is 0 Å². The molecule has 1 fully saturated rings. The molecule has 1 rings (SSSR count). The summed E-state index contributed by atoms with van der Waals surface area (Å²) < 4.78 is 5.29. The first-order valence-corrected chi connectivity index (χ1v) is 6.10. The standard InChI is InChI=1S/C11H20ClNO2/c1-3-11(2,8-12)13-10(14)9-5-4-6-15-7-9/h9H,3-8H2,1-2H3,(H,13,14). The van der Waals surface area contributed by atoms with Crippen LogP contribution in [0.3, 0.4) is 0 Å². The predicted octanol–water partition coefficient (Wildman–Crippen LogP) is 1.94. The SMILES string of the molecule is CCC(C)(CCl)NC(=O)C1CCCOC1. The minimum atomic E-state index is -0.282. The number of nitrogens with one attached hydrogen (secondary N) is 1. The highest BCUT2D eigenvalue weighted by Crippen LogP contribution is 2.17. The fourth-order valence-corrected chi connectivity index (χ4v) is 1.82. The molecule has 0 aromatic heterocycles. The van der Waals surface area contributed by atoms with Crippen molar-refractivity contribution in [1.29, 1.82) is 0 Å². The average molecular weight is 234 g/mol. The van der Waals surface area contributed by atoms with E-state index in [-0.39, 0.29) is 17.4 Å². The molecule has 0 spiro atoms. The van der Waals surface area contributed by atoms with Crippen molar-refractivity contribution < 1.29 is 9.53 Å². The van der Waals surface area contributed by atoms with Crippen molar-refractivity contribution in [3.05, 3.63) is 0 Å². The van der Waals surface area contributed by atoms with Gasteiger partial charge >= 0.3 is 0 Å². The molecule has 2 atom stereocenters. The average Bonchev–Trinajstić information content (AvgIpc) is 2.30. The molecule has 3 nitrogen and oxygen atoms in total. The number of ether oxygens (including phenoxy) is 1. The van der Waals surface area contributed by atoms with Crippen LogP contribution in [0, 0.1) is 5.92 Å². The van der Waals surface area contributed by atoms with E-state index in [2.05, 4.69) is 5.32 Å². The van der Waals surface area contributed by atoms with Crippen LogP contribution in [0.15, 0.2) is 0 Å². The van der Waals surface area contributed by atoms with Gasteiger partial charge in [-0.15, -0.1) is 11.6 Å². The fourth-order valence-electron chi connectivity index (χ4n) is 1.56. The van der Waals surface area contributed by atoms with E-state index in [1.54, 1.807) is 0 Å². The minimum absolute atomic E-state index is 0.00726. The summed E-state index contributed by atoms with van der Waals surface area (Å²) in [6.45, 7) is 5.33. The second kappa shape index (κ2) is 5.71. The molecule has 0 aromatic rings. The maximum Gasteiger partial charge on any atom is 0.225 e. The Balaban J connectivity index is 2.46. The van der Waals surface area contributed by atoms with Crippen LogP contribution >= 0.6 is 11.6 Å². The van der Waals surface area contributed by atoms with Crippen molar-refractivity contribution in [2.24, 2.45) is 5.92 Å². The molecule has 0 radical (unpaired) electrons. The third-order valence-electron chi connectivity index (χ3n) is 3.03. The number of carbonyl (C=O) groups excluding carboxylic acids is 1. The van der Waals surface area contributed by atoms with Gasteiger partial charge in [0.15, 0.2) is 0 Å². The van der Waals surface area contributed by atoms with Crippen LogP contribution in [-0.2, 0) is 9.53 Å². The number of hydrogen-bond acceptors (Lipinski definition) is 2. The van der Waals surface area contributed by atoms with Gasteiger partial charge in [-0.25, -0.2) is 0 Å². The van der Waals surface area contributed by atoms with Crippen molar-refractivity contribution in [3.63, 3.8) is 0 Å². The topological polar surface area (TPSA) is 38.3 Å². The zero-order chi connectivity index (χ0) is 11.3. The van der Waals surface area contributed by atoms with Crippen molar-refractivity contribution in [1.82, 2.24) is 5.32 Å². The second-order valence-corrected chi connectivity index (χ2v) is 4.72. The van der Waals surface area contributed by atoms with Gasteiger partial charge in [0.05, 0.1) is 18.1 Å². The van der Waals surface area contributed by atoms with E-state index in [0.29, 0.717) is 12.5 Å². The highest BCUT2D eigenvalue weighted by molar-refractivity contribution is 6.18. The molecule has 0 aromatic carbocycles. The zero-order valence-electron chi connectivity index (χ0n) is 9.51. The molecule has 0 saturated carbocycles. The van der Waals surface area contributed by atoms with Crippen LogP contribution in [0.25, 0.3) is 0 Å². The van der Waals surface area contributed by atoms with E-state index in [1.807, 2.05) is 13.8 Å². The lowest BCUT2D eigenvalue weighted by Crippen LogP contribution is -2.50. The molecule has 88 valence electrons. The molecule has 1 amide bonds. The van der Waals surface area contributed by atoms with Crippen LogP contribution in [-0.4, -0.2) is 30.5 Å². The highest BCUT2D eigenvalue weighted by Gasteiger charge is 2.28. The van der Waals surface area contributed by atoms with Crippen LogP contribution in [0.5, 0.6) is 0 Å². The summed E-state index contributed by atoms with van der Waals surface area (Å²) in [6, 6.07) is 0. The third kappa shape index (κ3) is 3.65. The Morgan fingerprint density at radius 3 is 2.87 bits per heavy atom. The zero-order valence-corrected chi connectivity index (χ0v) is 10.3. The molecule has 1 heterocycles. The molecule has 1 aliphatic rings. The Morgan fingerprint density at radius 1 is 1.67 bits per heavy atom. The minimum Gasteiger partial charge on any atom is -0.381 e. The first-order valence-electron chi connectivity index (χ1n) is 5.57. The fraction of sp³-hybridized carbons (Fsp3) is 0.909. The summed E-state index contributed by atoms with van der Waals surface area (Å²) >= 11 is 5.85. The summed E-state index contributed by atoms with van der Waals surface area (Å²) in [6.07, 6.45) is 2.74. The Labute approximate surface area is 96.5 Å². The number of amides is 1. The van der Waals surface area contributed by atoms with Gasteiger partial charge in [0.25, 0.3) is 0 Å². The van der Waals surface area contributed by atoms with E-state index < -0.39 is 0 Å².